The topological polar surface area (TPSA) is 117 Å². The average molecular weight is 737 g/mol. The largest absolute Gasteiger partial charge is 0.378 e. The summed E-state index contributed by atoms with van der Waals surface area (Å²) < 4.78 is 3.24. The number of para-hydroxylation sites is 1. The van der Waals surface area contributed by atoms with Crippen LogP contribution in [0.15, 0.2) is 155 Å². The van der Waals surface area contributed by atoms with Crippen molar-refractivity contribution in [3.05, 3.63) is 178 Å². The van der Waals surface area contributed by atoms with Crippen LogP contribution in [0, 0.1) is 6.92 Å². The molecule has 1 unspecified atom stereocenters. The van der Waals surface area contributed by atoms with E-state index in [4.69, 9.17) is 0 Å². The number of aromatic nitrogens is 2. The van der Waals surface area contributed by atoms with E-state index in [1.54, 1.807) is 67.2 Å². The molecule has 10 nitrogen and oxygen atoms in total. The molecule has 6 aromatic rings. The third kappa shape index (κ3) is 8.71. The van der Waals surface area contributed by atoms with Crippen LogP contribution < -0.4 is 26.4 Å². The van der Waals surface area contributed by atoms with Crippen LogP contribution in [-0.2, 0) is 16.6 Å². The Bertz CT molecular complexity index is 2350. The molecule has 0 saturated carbocycles. The number of thioether (sulfide) groups is 1. The lowest BCUT2D eigenvalue weighted by atomic mass is 10.1. The Morgan fingerprint density at radius 1 is 0.759 bits per heavy atom. The maximum absolute atomic E-state index is 14.1. The van der Waals surface area contributed by atoms with Gasteiger partial charge in [0, 0.05) is 43.0 Å². The lowest BCUT2D eigenvalue weighted by Crippen LogP contribution is -2.30. The van der Waals surface area contributed by atoms with Gasteiger partial charge in [-0.2, -0.15) is 0 Å². The Hall–Kier alpha value is -6.59. The molecule has 1 heterocycles. The van der Waals surface area contributed by atoms with Crippen molar-refractivity contribution in [1.82, 2.24) is 14.7 Å². The standard InChI is InChI=1S/C43H40N6O4S/c1-29-38(43(53)49(48(29)4)35-20-12-7-13-21-35)46-42(52)39(31-15-8-5-9-16-31)54-36-22-14-19-33(28-36)44-41(51)37(45-40(50)32-17-10-6-11-18-32)27-30-23-25-34(26-24-30)47(2)3/h5-28,39H,1-4H3,(H,44,51)(H,45,50)(H,46,52)/b37-27+. The first-order chi connectivity index (χ1) is 26.1. The summed E-state index contributed by atoms with van der Waals surface area (Å²) in [5, 5.41) is 7.88. The fraction of sp³-hybridized carbons (Fsp3) is 0.116. The summed E-state index contributed by atoms with van der Waals surface area (Å²) in [5.74, 6) is -1.32. The molecule has 0 aliphatic rings. The summed E-state index contributed by atoms with van der Waals surface area (Å²) in [4.78, 5) is 57.4. The molecule has 0 spiro atoms. The van der Waals surface area contributed by atoms with Gasteiger partial charge in [-0.05, 0) is 78.7 Å². The number of rotatable bonds is 12. The monoisotopic (exact) mass is 736 g/mol. The zero-order valence-corrected chi connectivity index (χ0v) is 31.1. The van der Waals surface area contributed by atoms with E-state index in [1.165, 1.54) is 16.4 Å². The Morgan fingerprint density at radius 2 is 1.39 bits per heavy atom. The van der Waals surface area contributed by atoms with Gasteiger partial charge in [-0.3, -0.25) is 23.9 Å². The van der Waals surface area contributed by atoms with Crippen LogP contribution >= 0.6 is 11.8 Å². The molecular weight excluding hydrogens is 697 g/mol. The van der Waals surface area contributed by atoms with Crippen molar-refractivity contribution in [2.24, 2.45) is 7.05 Å². The van der Waals surface area contributed by atoms with Gasteiger partial charge in [0.05, 0.1) is 11.4 Å². The fourth-order valence-electron chi connectivity index (χ4n) is 5.76. The van der Waals surface area contributed by atoms with Crippen LogP contribution in [0.25, 0.3) is 11.8 Å². The van der Waals surface area contributed by atoms with Crippen LogP contribution in [0.5, 0.6) is 0 Å². The molecule has 11 heteroatoms. The van der Waals surface area contributed by atoms with E-state index in [2.05, 4.69) is 16.0 Å². The first-order valence-corrected chi connectivity index (χ1v) is 18.1. The van der Waals surface area contributed by atoms with Gasteiger partial charge in [0.2, 0.25) is 5.91 Å². The van der Waals surface area contributed by atoms with Crippen molar-refractivity contribution in [3.63, 3.8) is 0 Å². The number of hydrogen-bond donors (Lipinski definition) is 3. The second-order valence-electron chi connectivity index (χ2n) is 12.7. The van der Waals surface area contributed by atoms with Crippen molar-refractivity contribution in [2.75, 3.05) is 29.6 Å². The van der Waals surface area contributed by atoms with Gasteiger partial charge in [0.15, 0.2) is 0 Å². The highest BCUT2D eigenvalue weighted by atomic mass is 32.2. The van der Waals surface area contributed by atoms with Crippen LogP contribution in [0.4, 0.5) is 17.1 Å². The molecule has 0 aliphatic carbocycles. The summed E-state index contributed by atoms with van der Waals surface area (Å²) in [5.41, 5.74) is 4.53. The molecule has 0 saturated heterocycles. The Balaban J connectivity index is 1.25. The van der Waals surface area contributed by atoms with Crippen molar-refractivity contribution in [2.45, 2.75) is 17.1 Å². The Labute approximate surface area is 318 Å². The van der Waals surface area contributed by atoms with E-state index in [-0.39, 0.29) is 22.9 Å². The van der Waals surface area contributed by atoms with Gasteiger partial charge in [0.1, 0.15) is 16.6 Å². The highest BCUT2D eigenvalue weighted by Crippen LogP contribution is 2.37. The van der Waals surface area contributed by atoms with Gasteiger partial charge in [-0.1, -0.05) is 84.9 Å². The van der Waals surface area contributed by atoms with Crippen LogP contribution in [-0.4, -0.2) is 41.2 Å². The third-order valence-electron chi connectivity index (χ3n) is 8.74. The minimum Gasteiger partial charge on any atom is -0.378 e. The SMILES string of the molecule is Cc1c(NC(=O)C(Sc2cccc(NC(=O)/C(=C\c3ccc(N(C)C)cc3)NC(=O)c3ccccc3)c2)c2ccccc2)c(=O)n(-c2ccccc2)n1C. The summed E-state index contributed by atoms with van der Waals surface area (Å²) >= 11 is 1.28. The number of anilines is 3. The summed E-state index contributed by atoms with van der Waals surface area (Å²) in [6, 6.07) is 42.0. The van der Waals surface area contributed by atoms with Gasteiger partial charge in [0.25, 0.3) is 17.4 Å². The van der Waals surface area contributed by atoms with Crippen molar-refractivity contribution >= 4 is 52.6 Å². The second kappa shape index (κ2) is 16.8. The molecule has 0 radical (unpaired) electrons. The first kappa shape index (κ1) is 37.2. The zero-order valence-electron chi connectivity index (χ0n) is 30.3. The summed E-state index contributed by atoms with van der Waals surface area (Å²) in [7, 11) is 5.66. The quantitative estimate of drug-likeness (QED) is 0.0889. The predicted molar refractivity (Wildman–Crippen MR) is 217 cm³/mol. The number of benzene rings is 5. The minimum atomic E-state index is -0.743. The van der Waals surface area contributed by atoms with Crippen molar-refractivity contribution < 1.29 is 14.4 Å². The van der Waals surface area contributed by atoms with Gasteiger partial charge in [-0.25, -0.2) is 4.68 Å². The highest BCUT2D eigenvalue weighted by Gasteiger charge is 2.26. The second-order valence-corrected chi connectivity index (χ2v) is 13.9. The van der Waals surface area contributed by atoms with Gasteiger partial charge in [-0.15, -0.1) is 11.8 Å². The number of nitrogens with one attached hydrogen (secondary N) is 3. The molecule has 272 valence electrons. The molecule has 54 heavy (non-hydrogen) atoms. The molecule has 0 bridgehead atoms. The lowest BCUT2D eigenvalue weighted by molar-refractivity contribution is -0.116. The van der Waals surface area contributed by atoms with Crippen LogP contribution in [0.3, 0.4) is 0 Å². The molecule has 0 fully saturated rings. The van der Waals surface area contributed by atoms with Crippen LogP contribution in [0.1, 0.15) is 32.4 Å². The van der Waals surface area contributed by atoms with Crippen molar-refractivity contribution in [3.8, 4) is 5.69 Å². The molecule has 1 aromatic heterocycles. The Kier molecular flexibility index (Phi) is 11.6. The van der Waals surface area contributed by atoms with Gasteiger partial charge >= 0.3 is 0 Å². The van der Waals surface area contributed by atoms with E-state index in [9.17, 15) is 19.2 Å². The minimum absolute atomic E-state index is 0.0560. The maximum Gasteiger partial charge on any atom is 0.295 e. The maximum atomic E-state index is 14.1. The summed E-state index contributed by atoms with van der Waals surface area (Å²) in [6.07, 6.45) is 1.63. The molecular formula is C43H40N6O4S. The first-order valence-electron chi connectivity index (χ1n) is 17.2. The van der Waals surface area contributed by atoms with Crippen LogP contribution in [0.2, 0.25) is 0 Å². The molecule has 3 amide bonds. The van der Waals surface area contributed by atoms with E-state index in [0.29, 0.717) is 27.5 Å². The van der Waals surface area contributed by atoms with E-state index in [1.807, 2.05) is 116 Å². The molecule has 3 N–H and O–H groups in total. The third-order valence-corrected chi connectivity index (χ3v) is 9.99. The van der Waals surface area contributed by atoms with Gasteiger partial charge < -0.3 is 20.9 Å². The molecule has 5 aromatic carbocycles. The fourth-order valence-corrected chi connectivity index (χ4v) is 6.84. The zero-order chi connectivity index (χ0) is 38.2. The van der Waals surface area contributed by atoms with E-state index >= 15 is 0 Å². The molecule has 0 aliphatic heterocycles. The Morgan fingerprint density at radius 3 is 2.04 bits per heavy atom. The normalized spacial score (nSPS) is 11.7. The van der Waals surface area contributed by atoms with Crippen molar-refractivity contribution in [1.29, 1.82) is 0 Å². The summed E-state index contributed by atoms with van der Waals surface area (Å²) in [6.45, 7) is 1.79. The van der Waals surface area contributed by atoms with E-state index in [0.717, 1.165) is 16.8 Å². The molecule has 6 rings (SSSR count). The lowest BCUT2D eigenvalue weighted by Gasteiger charge is -2.17. The number of amides is 3. The number of carbonyl (C=O) groups is 3. The smallest absolute Gasteiger partial charge is 0.295 e. The number of carbonyl (C=O) groups excluding carboxylic acids is 3. The number of hydrogen-bond acceptors (Lipinski definition) is 6. The highest BCUT2D eigenvalue weighted by molar-refractivity contribution is 8.00. The number of nitrogens with zero attached hydrogens (tertiary/aromatic N) is 3. The van der Waals surface area contributed by atoms with E-state index < -0.39 is 17.1 Å². The average Bonchev–Trinajstić information content (AvgIpc) is 3.40. The predicted octanol–water partition coefficient (Wildman–Crippen LogP) is 7.43. The molecule has 1 atom stereocenters.